The standard InChI is InChI=1S/C23H30N2O6/c1-14-20(23(27)31-12-11-28-3)15(2)24-21(14)22(26)25-10-6-7-18(25)17-9-8-16(29-4)13-19(17)30-5/h8-9,13,18,24H,6-7,10-12H2,1-5H3. The summed E-state index contributed by atoms with van der Waals surface area (Å²) in [4.78, 5) is 30.9. The predicted molar refractivity (Wildman–Crippen MR) is 115 cm³/mol. The highest BCUT2D eigenvalue weighted by Crippen LogP contribution is 2.39. The van der Waals surface area contributed by atoms with Crippen LogP contribution in [0.25, 0.3) is 0 Å². The first-order valence-electron chi connectivity index (χ1n) is 10.3. The van der Waals surface area contributed by atoms with Gasteiger partial charge >= 0.3 is 5.97 Å². The molecule has 1 amide bonds. The Morgan fingerprint density at radius 1 is 1.13 bits per heavy atom. The number of carbonyl (C=O) groups excluding carboxylic acids is 2. The number of hydrogen-bond acceptors (Lipinski definition) is 6. The SMILES string of the molecule is COCCOC(=O)c1c(C)[nH]c(C(=O)N2CCCC2c2ccc(OC)cc2OC)c1C. The minimum atomic E-state index is -0.461. The number of nitrogens with one attached hydrogen (secondary N) is 1. The third kappa shape index (κ3) is 4.54. The van der Waals surface area contributed by atoms with Crippen LogP contribution in [0.2, 0.25) is 0 Å². The molecule has 0 aliphatic carbocycles. The molecule has 1 saturated heterocycles. The van der Waals surface area contributed by atoms with E-state index in [0.29, 0.717) is 47.2 Å². The van der Waals surface area contributed by atoms with Crippen LogP contribution in [-0.2, 0) is 9.47 Å². The van der Waals surface area contributed by atoms with Crippen LogP contribution < -0.4 is 9.47 Å². The van der Waals surface area contributed by atoms with Crippen molar-refractivity contribution in [3.63, 3.8) is 0 Å². The van der Waals surface area contributed by atoms with Crippen LogP contribution in [0.3, 0.4) is 0 Å². The fourth-order valence-corrected chi connectivity index (χ4v) is 4.13. The molecule has 1 aliphatic heterocycles. The van der Waals surface area contributed by atoms with Gasteiger partial charge in [0.1, 0.15) is 23.8 Å². The summed E-state index contributed by atoms with van der Waals surface area (Å²) >= 11 is 0. The highest BCUT2D eigenvalue weighted by molar-refractivity contribution is 6.00. The van der Waals surface area contributed by atoms with Crippen molar-refractivity contribution in [2.24, 2.45) is 0 Å². The van der Waals surface area contributed by atoms with Crippen molar-refractivity contribution in [1.29, 1.82) is 0 Å². The van der Waals surface area contributed by atoms with E-state index in [4.69, 9.17) is 18.9 Å². The Morgan fingerprint density at radius 3 is 2.58 bits per heavy atom. The number of nitrogens with zero attached hydrogens (tertiary/aromatic N) is 1. The van der Waals surface area contributed by atoms with Crippen molar-refractivity contribution in [1.82, 2.24) is 9.88 Å². The van der Waals surface area contributed by atoms with E-state index >= 15 is 0 Å². The zero-order valence-electron chi connectivity index (χ0n) is 18.7. The Hall–Kier alpha value is -3.00. The minimum Gasteiger partial charge on any atom is -0.497 e. The van der Waals surface area contributed by atoms with Crippen molar-refractivity contribution in [2.45, 2.75) is 32.7 Å². The third-order valence-electron chi connectivity index (χ3n) is 5.69. The summed E-state index contributed by atoms with van der Waals surface area (Å²) < 4.78 is 21.0. The van der Waals surface area contributed by atoms with Crippen molar-refractivity contribution < 1.29 is 28.5 Å². The number of likely N-dealkylation sites (tertiary alicyclic amines) is 1. The molecule has 0 bridgehead atoms. The van der Waals surface area contributed by atoms with Gasteiger partial charge in [0.05, 0.1) is 32.4 Å². The molecule has 8 nitrogen and oxygen atoms in total. The summed E-state index contributed by atoms with van der Waals surface area (Å²) in [5.74, 6) is 0.781. The summed E-state index contributed by atoms with van der Waals surface area (Å²) in [5, 5.41) is 0. The number of benzene rings is 1. The van der Waals surface area contributed by atoms with Crippen molar-refractivity contribution in [3.05, 3.63) is 46.3 Å². The molecule has 2 heterocycles. The first-order valence-corrected chi connectivity index (χ1v) is 10.3. The van der Waals surface area contributed by atoms with Crippen molar-refractivity contribution >= 4 is 11.9 Å². The van der Waals surface area contributed by atoms with Crippen LogP contribution in [0, 0.1) is 13.8 Å². The van der Waals surface area contributed by atoms with E-state index < -0.39 is 5.97 Å². The molecular formula is C23H30N2O6. The Morgan fingerprint density at radius 2 is 1.90 bits per heavy atom. The van der Waals surface area contributed by atoms with Gasteiger partial charge in [-0.1, -0.05) is 0 Å². The van der Waals surface area contributed by atoms with Gasteiger partial charge in [-0.25, -0.2) is 4.79 Å². The highest BCUT2D eigenvalue weighted by atomic mass is 16.6. The lowest BCUT2D eigenvalue weighted by atomic mass is 10.0. The van der Waals surface area contributed by atoms with Crippen LogP contribution in [0.15, 0.2) is 18.2 Å². The van der Waals surface area contributed by atoms with E-state index in [1.807, 2.05) is 23.1 Å². The molecular weight excluding hydrogens is 400 g/mol. The lowest BCUT2D eigenvalue weighted by molar-refractivity contribution is 0.0387. The number of aryl methyl sites for hydroxylation is 1. The largest absolute Gasteiger partial charge is 0.497 e. The van der Waals surface area contributed by atoms with Gasteiger partial charge in [-0.2, -0.15) is 0 Å². The summed E-state index contributed by atoms with van der Waals surface area (Å²) in [7, 11) is 4.76. The number of esters is 1. The number of methoxy groups -OCH3 is 3. The third-order valence-corrected chi connectivity index (χ3v) is 5.69. The van der Waals surface area contributed by atoms with Crippen molar-refractivity contribution in [3.8, 4) is 11.5 Å². The number of carbonyl (C=O) groups is 2. The lowest BCUT2D eigenvalue weighted by Crippen LogP contribution is -2.31. The van der Waals surface area contributed by atoms with Gasteiger partial charge < -0.3 is 28.8 Å². The summed E-state index contributed by atoms with van der Waals surface area (Å²) in [6, 6.07) is 5.53. The summed E-state index contributed by atoms with van der Waals surface area (Å²) in [6.07, 6.45) is 1.72. The number of hydrogen-bond donors (Lipinski definition) is 1. The monoisotopic (exact) mass is 430 g/mol. The van der Waals surface area contributed by atoms with Gasteiger partial charge in [-0.15, -0.1) is 0 Å². The number of ether oxygens (including phenoxy) is 4. The molecule has 0 saturated carbocycles. The Kier molecular flexibility index (Phi) is 7.22. The molecule has 2 aromatic rings. The van der Waals surface area contributed by atoms with Crippen LogP contribution in [0.5, 0.6) is 11.5 Å². The molecule has 1 atom stereocenters. The minimum absolute atomic E-state index is 0.117. The van der Waals surface area contributed by atoms with E-state index in [2.05, 4.69) is 4.98 Å². The molecule has 1 N–H and O–H groups in total. The molecule has 1 aliphatic rings. The molecule has 0 spiro atoms. The number of amides is 1. The van der Waals surface area contributed by atoms with Gasteiger partial charge in [-0.05, 0) is 44.4 Å². The molecule has 31 heavy (non-hydrogen) atoms. The Labute approximate surface area is 182 Å². The maximum atomic E-state index is 13.5. The average molecular weight is 431 g/mol. The van der Waals surface area contributed by atoms with Gasteiger partial charge in [-0.3, -0.25) is 4.79 Å². The van der Waals surface area contributed by atoms with Gasteiger partial charge in [0.25, 0.3) is 5.91 Å². The second-order valence-electron chi connectivity index (χ2n) is 7.52. The van der Waals surface area contributed by atoms with E-state index in [-0.39, 0.29) is 18.6 Å². The number of aromatic nitrogens is 1. The van der Waals surface area contributed by atoms with E-state index in [9.17, 15) is 9.59 Å². The second-order valence-corrected chi connectivity index (χ2v) is 7.52. The highest BCUT2D eigenvalue weighted by Gasteiger charge is 2.35. The Balaban J connectivity index is 1.87. The van der Waals surface area contributed by atoms with Crippen LogP contribution in [0.4, 0.5) is 0 Å². The van der Waals surface area contributed by atoms with Crippen LogP contribution in [-0.4, -0.2) is 62.8 Å². The molecule has 3 rings (SSSR count). The Bertz CT molecular complexity index is 952. The summed E-state index contributed by atoms with van der Waals surface area (Å²) in [5.41, 5.74) is 2.96. The van der Waals surface area contributed by atoms with E-state index in [0.717, 1.165) is 18.4 Å². The van der Waals surface area contributed by atoms with Gasteiger partial charge in [0.15, 0.2) is 0 Å². The fourth-order valence-electron chi connectivity index (χ4n) is 4.13. The number of aromatic amines is 1. The fraction of sp³-hybridized carbons (Fsp3) is 0.478. The molecule has 168 valence electrons. The smallest absolute Gasteiger partial charge is 0.340 e. The maximum Gasteiger partial charge on any atom is 0.340 e. The first-order chi connectivity index (χ1) is 14.9. The van der Waals surface area contributed by atoms with E-state index in [1.54, 1.807) is 35.2 Å². The normalized spacial score (nSPS) is 15.8. The van der Waals surface area contributed by atoms with Gasteiger partial charge in [0.2, 0.25) is 0 Å². The molecule has 8 heteroatoms. The van der Waals surface area contributed by atoms with Crippen LogP contribution in [0.1, 0.15) is 56.6 Å². The number of H-pyrrole nitrogens is 1. The maximum absolute atomic E-state index is 13.5. The van der Waals surface area contributed by atoms with E-state index in [1.165, 1.54) is 0 Å². The molecule has 1 unspecified atom stereocenters. The summed E-state index contributed by atoms with van der Waals surface area (Å²) in [6.45, 7) is 4.64. The first kappa shape index (κ1) is 22.7. The van der Waals surface area contributed by atoms with Crippen molar-refractivity contribution in [2.75, 3.05) is 41.1 Å². The average Bonchev–Trinajstić information content (AvgIpc) is 3.37. The molecule has 1 aromatic carbocycles. The van der Waals surface area contributed by atoms with Crippen LogP contribution >= 0.6 is 0 Å². The molecule has 1 fully saturated rings. The zero-order chi connectivity index (χ0) is 22.5. The topological polar surface area (TPSA) is 90.1 Å². The number of rotatable bonds is 8. The molecule has 1 aromatic heterocycles. The molecule has 0 radical (unpaired) electrons. The lowest BCUT2D eigenvalue weighted by Gasteiger charge is -2.26. The predicted octanol–water partition coefficient (Wildman–Crippen LogP) is 3.43. The van der Waals surface area contributed by atoms with Gasteiger partial charge in [0, 0.05) is 31.0 Å². The second kappa shape index (κ2) is 9.87. The zero-order valence-corrected chi connectivity index (χ0v) is 18.7. The quantitative estimate of drug-likeness (QED) is 0.510.